The van der Waals surface area contributed by atoms with E-state index >= 15 is 0 Å². The molecule has 0 bridgehead atoms. The number of nitrogens with two attached hydrogens (primary N) is 1. The summed E-state index contributed by atoms with van der Waals surface area (Å²) in [6, 6.07) is 7.97. The summed E-state index contributed by atoms with van der Waals surface area (Å²) in [6.45, 7) is 1.63. The molecule has 2 aromatic carbocycles. The Bertz CT molecular complexity index is 711. The number of aryl methyl sites for hydroxylation is 1. The van der Waals surface area contributed by atoms with E-state index in [9.17, 15) is 18.0 Å². The van der Waals surface area contributed by atoms with Crippen LogP contribution in [0.15, 0.2) is 40.9 Å². The number of nitrogen functional groups attached to an aromatic ring is 1. The molecule has 0 saturated heterocycles. The van der Waals surface area contributed by atoms with Crippen LogP contribution in [-0.2, 0) is 6.18 Å². The first-order chi connectivity index (χ1) is 9.70. The molecule has 0 aliphatic carbocycles. The highest BCUT2D eigenvalue weighted by Crippen LogP contribution is 2.35. The highest BCUT2D eigenvalue weighted by Gasteiger charge is 2.35. The standard InChI is InChI=1S/C15H11BrF3NO/c1-8-6-10(20)3-5-11(8)14(21)12-4-2-9(16)7-13(12)15(17,18)19/h2-7H,20H2,1H3. The Labute approximate surface area is 127 Å². The van der Waals surface area contributed by atoms with Gasteiger partial charge in [-0.25, -0.2) is 0 Å². The fourth-order valence-electron chi connectivity index (χ4n) is 2.04. The van der Waals surface area contributed by atoms with E-state index in [1.54, 1.807) is 13.0 Å². The van der Waals surface area contributed by atoms with Crippen molar-refractivity contribution in [1.29, 1.82) is 0 Å². The minimum Gasteiger partial charge on any atom is -0.399 e. The summed E-state index contributed by atoms with van der Waals surface area (Å²) in [4.78, 5) is 12.4. The minimum atomic E-state index is -4.60. The molecule has 0 aliphatic heterocycles. The van der Waals surface area contributed by atoms with Gasteiger partial charge < -0.3 is 5.73 Å². The molecule has 110 valence electrons. The molecule has 0 aliphatic rings. The lowest BCUT2D eigenvalue weighted by molar-refractivity contribution is -0.137. The van der Waals surface area contributed by atoms with Crippen molar-refractivity contribution in [2.75, 3.05) is 5.73 Å². The maximum Gasteiger partial charge on any atom is 0.417 e. The third-order valence-electron chi connectivity index (χ3n) is 3.03. The maximum atomic E-state index is 13.1. The molecular weight excluding hydrogens is 347 g/mol. The van der Waals surface area contributed by atoms with Crippen molar-refractivity contribution in [3.8, 4) is 0 Å². The number of carbonyl (C=O) groups excluding carboxylic acids is 1. The van der Waals surface area contributed by atoms with Gasteiger partial charge in [-0.3, -0.25) is 4.79 Å². The molecule has 6 heteroatoms. The average Bonchev–Trinajstić information content (AvgIpc) is 2.37. The molecule has 21 heavy (non-hydrogen) atoms. The van der Waals surface area contributed by atoms with Crippen LogP contribution in [0.25, 0.3) is 0 Å². The number of anilines is 1. The number of benzene rings is 2. The fourth-order valence-corrected chi connectivity index (χ4v) is 2.40. The van der Waals surface area contributed by atoms with Gasteiger partial charge in [0.15, 0.2) is 5.78 Å². The number of hydrogen-bond acceptors (Lipinski definition) is 2. The fraction of sp³-hybridized carbons (Fsp3) is 0.133. The Balaban J connectivity index is 2.59. The van der Waals surface area contributed by atoms with Crippen molar-refractivity contribution in [3.05, 3.63) is 63.1 Å². The number of rotatable bonds is 2. The van der Waals surface area contributed by atoms with Gasteiger partial charge in [0.05, 0.1) is 5.56 Å². The van der Waals surface area contributed by atoms with E-state index in [1.807, 2.05) is 0 Å². The number of halogens is 4. The monoisotopic (exact) mass is 357 g/mol. The summed E-state index contributed by atoms with van der Waals surface area (Å²) < 4.78 is 39.5. The topological polar surface area (TPSA) is 43.1 Å². The van der Waals surface area contributed by atoms with E-state index in [-0.39, 0.29) is 15.6 Å². The lowest BCUT2D eigenvalue weighted by Crippen LogP contribution is -2.14. The largest absolute Gasteiger partial charge is 0.417 e. The SMILES string of the molecule is Cc1cc(N)ccc1C(=O)c1ccc(Br)cc1C(F)(F)F. The molecule has 0 saturated carbocycles. The van der Waals surface area contributed by atoms with Crippen LogP contribution in [0, 0.1) is 6.92 Å². The number of alkyl halides is 3. The van der Waals surface area contributed by atoms with Crippen molar-refractivity contribution < 1.29 is 18.0 Å². The molecule has 2 aromatic rings. The number of hydrogen-bond donors (Lipinski definition) is 1. The van der Waals surface area contributed by atoms with E-state index in [0.717, 1.165) is 6.07 Å². The molecule has 0 aromatic heterocycles. The van der Waals surface area contributed by atoms with Gasteiger partial charge in [0.2, 0.25) is 0 Å². The zero-order valence-corrected chi connectivity index (χ0v) is 12.5. The molecule has 0 atom stereocenters. The number of ketones is 1. The van der Waals surface area contributed by atoms with Crippen molar-refractivity contribution >= 4 is 27.4 Å². The molecule has 0 unspecified atom stereocenters. The first kappa shape index (κ1) is 15.6. The molecule has 2 nitrogen and oxygen atoms in total. The Hall–Kier alpha value is -1.82. The van der Waals surface area contributed by atoms with Gasteiger partial charge in [-0.1, -0.05) is 15.9 Å². The van der Waals surface area contributed by atoms with Gasteiger partial charge in [0.25, 0.3) is 0 Å². The summed E-state index contributed by atoms with van der Waals surface area (Å²) in [5.74, 6) is -0.674. The zero-order valence-electron chi connectivity index (χ0n) is 11.0. The molecule has 2 N–H and O–H groups in total. The lowest BCUT2D eigenvalue weighted by atomic mass is 9.95. The summed E-state index contributed by atoms with van der Waals surface area (Å²) >= 11 is 2.99. The van der Waals surface area contributed by atoms with Gasteiger partial charge in [-0.05, 0) is 48.9 Å². The smallest absolute Gasteiger partial charge is 0.399 e. The van der Waals surface area contributed by atoms with Gasteiger partial charge in [0.1, 0.15) is 0 Å². The molecule has 2 rings (SSSR count). The van der Waals surface area contributed by atoms with Crippen molar-refractivity contribution in [1.82, 2.24) is 0 Å². The van der Waals surface area contributed by atoms with Crippen molar-refractivity contribution in [3.63, 3.8) is 0 Å². The van der Waals surface area contributed by atoms with E-state index < -0.39 is 17.5 Å². The van der Waals surface area contributed by atoms with Gasteiger partial charge in [-0.15, -0.1) is 0 Å². The van der Waals surface area contributed by atoms with Crippen molar-refractivity contribution in [2.45, 2.75) is 13.1 Å². The molecule has 0 amide bonds. The predicted octanol–water partition coefficient (Wildman–Crippen LogP) is 4.59. The minimum absolute atomic E-state index is 0.206. The maximum absolute atomic E-state index is 13.1. The molecular formula is C15H11BrF3NO. The third-order valence-corrected chi connectivity index (χ3v) is 3.52. The average molecular weight is 358 g/mol. The second-order valence-electron chi connectivity index (χ2n) is 4.59. The summed E-state index contributed by atoms with van der Waals surface area (Å²) in [7, 11) is 0. The van der Waals surface area contributed by atoms with Crippen LogP contribution in [0.1, 0.15) is 27.0 Å². The predicted molar refractivity (Wildman–Crippen MR) is 78.2 cm³/mol. The van der Waals surface area contributed by atoms with Gasteiger partial charge in [0, 0.05) is 21.3 Å². The van der Waals surface area contributed by atoms with Gasteiger partial charge in [-0.2, -0.15) is 13.2 Å². The van der Waals surface area contributed by atoms with Crippen LogP contribution in [0.2, 0.25) is 0 Å². The number of carbonyl (C=O) groups is 1. The molecule has 0 heterocycles. The third kappa shape index (κ3) is 3.26. The first-order valence-corrected chi connectivity index (χ1v) is 6.77. The second-order valence-corrected chi connectivity index (χ2v) is 5.51. The van der Waals surface area contributed by atoms with E-state index in [4.69, 9.17) is 5.73 Å². The van der Waals surface area contributed by atoms with Crippen LogP contribution in [0.5, 0.6) is 0 Å². The Morgan fingerprint density at radius 3 is 2.29 bits per heavy atom. The Kier molecular flexibility index (Phi) is 4.09. The molecule has 0 radical (unpaired) electrons. The highest BCUT2D eigenvalue weighted by atomic mass is 79.9. The van der Waals surface area contributed by atoms with E-state index in [1.165, 1.54) is 24.3 Å². The first-order valence-electron chi connectivity index (χ1n) is 5.97. The second kappa shape index (κ2) is 5.52. The zero-order chi connectivity index (χ0) is 15.8. The Morgan fingerprint density at radius 2 is 1.71 bits per heavy atom. The highest BCUT2D eigenvalue weighted by molar-refractivity contribution is 9.10. The normalized spacial score (nSPS) is 11.5. The van der Waals surface area contributed by atoms with E-state index in [0.29, 0.717) is 11.3 Å². The van der Waals surface area contributed by atoms with Gasteiger partial charge >= 0.3 is 6.18 Å². The van der Waals surface area contributed by atoms with Crippen LogP contribution < -0.4 is 5.73 Å². The summed E-state index contributed by atoms with van der Waals surface area (Å²) in [5.41, 5.74) is 5.45. The summed E-state index contributed by atoms with van der Waals surface area (Å²) in [6.07, 6.45) is -4.60. The van der Waals surface area contributed by atoms with Crippen LogP contribution in [0.4, 0.5) is 18.9 Å². The van der Waals surface area contributed by atoms with Crippen molar-refractivity contribution in [2.24, 2.45) is 0 Å². The summed E-state index contributed by atoms with van der Waals surface area (Å²) in [5, 5.41) is 0. The van der Waals surface area contributed by atoms with E-state index in [2.05, 4.69) is 15.9 Å². The molecule has 0 fully saturated rings. The van der Waals surface area contributed by atoms with Crippen LogP contribution in [-0.4, -0.2) is 5.78 Å². The quantitative estimate of drug-likeness (QED) is 0.630. The lowest BCUT2D eigenvalue weighted by Gasteiger charge is -2.13. The Morgan fingerprint density at radius 1 is 1.10 bits per heavy atom. The van der Waals surface area contributed by atoms with Crippen LogP contribution >= 0.6 is 15.9 Å². The van der Waals surface area contributed by atoms with Crippen LogP contribution in [0.3, 0.4) is 0 Å². The molecule has 0 spiro atoms.